The lowest BCUT2D eigenvalue weighted by molar-refractivity contribution is 0.371. The average molecular weight is 165 g/mol. The van der Waals surface area contributed by atoms with Crippen LogP contribution in [0.4, 0.5) is 5.95 Å². The van der Waals surface area contributed by atoms with Crippen LogP contribution in [-0.4, -0.2) is 19.9 Å². The molecular weight excluding hydrogens is 158 g/mol. The summed E-state index contributed by atoms with van der Waals surface area (Å²) in [6.07, 6.45) is 3.12. The Bertz CT molecular complexity index is 352. The summed E-state index contributed by atoms with van der Waals surface area (Å²) in [6.45, 7) is 0.504. The first-order chi connectivity index (χ1) is 5.84. The number of nitrogen functional groups attached to an aromatic ring is 1. The van der Waals surface area contributed by atoms with E-state index in [0.29, 0.717) is 6.54 Å². The van der Waals surface area contributed by atoms with E-state index >= 15 is 0 Å². The zero-order chi connectivity index (χ0) is 8.39. The van der Waals surface area contributed by atoms with Crippen molar-refractivity contribution in [2.45, 2.75) is 6.54 Å². The van der Waals surface area contributed by atoms with Gasteiger partial charge < -0.3 is 10.3 Å². The fourth-order valence-corrected chi connectivity index (χ4v) is 0.869. The van der Waals surface area contributed by atoms with Crippen molar-refractivity contribution in [3.8, 4) is 0 Å². The minimum atomic E-state index is 0.259. The van der Waals surface area contributed by atoms with Crippen LogP contribution in [0.15, 0.2) is 23.1 Å². The van der Waals surface area contributed by atoms with Gasteiger partial charge in [-0.1, -0.05) is 5.16 Å². The Balaban J connectivity index is 2.14. The van der Waals surface area contributed by atoms with Crippen LogP contribution in [0.5, 0.6) is 0 Å². The highest BCUT2D eigenvalue weighted by atomic mass is 16.5. The van der Waals surface area contributed by atoms with Crippen molar-refractivity contribution >= 4 is 5.95 Å². The molecule has 2 N–H and O–H groups in total. The second kappa shape index (κ2) is 2.65. The van der Waals surface area contributed by atoms with Crippen molar-refractivity contribution in [3.63, 3.8) is 0 Å². The van der Waals surface area contributed by atoms with E-state index in [1.165, 1.54) is 6.33 Å². The molecule has 2 heterocycles. The maximum absolute atomic E-state index is 5.32. The summed E-state index contributed by atoms with van der Waals surface area (Å²) in [7, 11) is 0. The molecule has 0 aliphatic heterocycles. The average Bonchev–Trinajstić information content (AvgIpc) is 2.63. The molecule has 0 bridgehead atoms. The molecule has 0 amide bonds. The van der Waals surface area contributed by atoms with Crippen molar-refractivity contribution < 1.29 is 4.52 Å². The molecule has 0 saturated carbocycles. The van der Waals surface area contributed by atoms with Crippen molar-refractivity contribution in [2.24, 2.45) is 0 Å². The lowest BCUT2D eigenvalue weighted by Crippen LogP contribution is -1.99. The normalized spacial score (nSPS) is 10.3. The highest BCUT2D eigenvalue weighted by molar-refractivity contribution is 5.09. The van der Waals surface area contributed by atoms with Crippen molar-refractivity contribution in [1.29, 1.82) is 0 Å². The van der Waals surface area contributed by atoms with Gasteiger partial charge in [0, 0.05) is 6.07 Å². The highest BCUT2D eigenvalue weighted by Crippen LogP contribution is 1.99. The molecule has 2 aromatic rings. The largest absolute Gasteiger partial charge is 0.367 e. The van der Waals surface area contributed by atoms with Crippen LogP contribution >= 0.6 is 0 Å². The van der Waals surface area contributed by atoms with E-state index in [-0.39, 0.29) is 5.95 Å². The minimum absolute atomic E-state index is 0.259. The van der Waals surface area contributed by atoms with Gasteiger partial charge in [-0.25, -0.2) is 9.67 Å². The monoisotopic (exact) mass is 165 g/mol. The fourth-order valence-electron chi connectivity index (χ4n) is 0.869. The quantitative estimate of drug-likeness (QED) is 0.671. The predicted octanol–water partition coefficient (Wildman–Crippen LogP) is -0.103. The highest BCUT2D eigenvalue weighted by Gasteiger charge is 2.00. The number of anilines is 1. The zero-order valence-electron chi connectivity index (χ0n) is 6.21. The molecule has 12 heavy (non-hydrogen) atoms. The van der Waals surface area contributed by atoms with Crippen LogP contribution in [0.3, 0.4) is 0 Å². The van der Waals surface area contributed by atoms with Crippen LogP contribution in [0, 0.1) is 0 Å². The third-order valence-electron chi connectivity index (χ3n) is 1.36. The minimum Gasteiger partial charge on any atom is -0.367 e. The summed E-state index contributed by atoms with van der Waals surface area (Å²) in [5.74, 6) is 0.981. The van der Waals surface area contributed by atoms with Gasteiger partial charge in [-0.05, 0) is 0 Å². The molecule has 0 radical (unpaired) electrons. The van der Waals surface area contributed by atoms with Gasteiger partial charge in [0.25, 0.3) is 0 Å². The molecule has 62 valence electrons. The summed E-state index contributed by atoms with van der Waals surface area (Å²) in [5, 5.41) is 7.44. The summed E-state index contributed by atoms with van der Waals surface area (Å²) < 4.78 is 6.45. The van der Waals surface area contributed by atoms with E-state index in [0.717, 1.165) is 5.76 Å². The van der Waals surface area contributed by atoms with Crippen LogP contribution in [0.1, 0.15) is 5.76 Å². The molecule has 6 heteroatoms. The topological polar surface area (TPSA) is 82.8 Å². The molecular formula is C6H7N5O. The standard InChI is InChI=1S/C6H7N5O/c7-6-8-4-11(10-6)3-5-1-2-9-12-5/h1-2,4H,3H2,(H2,7,10). The van der Waals surface area contributed by atoms with E-state index < -0.39 is 0 Å². The Morgan fingerprint density at radius 1 is 1.58 bits per heavy atom. The van der Waals surface area contributed by atoms with E-state index in [9.17, 15) is 0 Å². The molecule has 2 rings (SSSR count). The lowest BCUT2D eigenvalue weighted by atomic mass is 10.5. The van der Waals surface area contributed by atoms with Crippen LogP contribution in [0.2, 0.25) is 0 Å². The number of hydrogen-bond donors (Lipinski definition) is 1. The van der Waals surface area contributed by atoms with Crippen molar-refractivity contribution in [2.75, 3.05) is 5.73 Å². The maximum Gasteiger partial charge on any atom is 0.239 e. The maximum atomic E-state index is 5.32. The zero-order valence-corrected chi connectivity index (χ0v) is 6.21. The van der Waals surface area contributed by atoms with Gasteiger partial charge in [-0.3, -0.25) is 0 Å². The van der Waals surface area contributed by atoms with Gasteiger partial charge in [0.1, 0.15) is 12.9 Å². The molecule has 0 atom stereocenters. The second-order valence-corrected chi connectivity index (χ2v) is 2.28. The molecule has 0 aliphatic carbocycles. The molecule has 0 aromatic carbocycles. The van der Waals surface area contributed by atoms with E-state index in [4.69, 9.17) is 10.3 Å². The van der Waals surface area contributed by atoms with Crippen molar-refractivity contribution in [1.82, 2.24) is 19.9 Å². The van der Waals surface area contributed by atoms with Crippen LogP contribution in [0.25, 0.3) is 0 Å². The van der Waals surface area contributed by atoms with Gasteiger partial charge in [0.15, 0.2) is 5.76 Å². The summed E-state index contributed by atoms with van der Waals surface area (Å²) in [6, 6.07) is 1.76. The van der Waals surface area contributed by atoms with E-state index in [2.05, 4.69) is 15.2 Å². The Hall–Kier alpha value is -1.85. The Kier molecular flexibility index (Phi) is 1.51. The Morgan fingerprint density at radius 3 is 3.08 bits per heavy atom. The molecule has 6 nitrogen and oxygen atoms in total. The van der Waals surface area contributed by atoms with Gasteiger partial charge >= 0.3 is 0 Å². The smallest absolute Gasteiger partial charge is 0.239 e. The van der Waals surface area contributed by atoms with Gasteiger partial charge in [0.05, 0.1) is 6.20 Å². The number of nitrogens with zero attached hydrogens (tertiary/aromatic N) is 4. The van der Waals surface area contributed by atoms with E-state index in [1.807, 2.05) is 0 Å². The number of aromatic nitrogens is 4. The molecule has 0 aliphatic rings. The third kappa shape index (κ3) is 1.26. The molecule has 0 spiro atoms. The van der Waals surface area contributed by atoms with Gasteiger partial charge in [0.2, 0.25) is 5.95 Å². The van der Waals surface area contributed by atoms with Crippen molar-refractivity contribution in [3.05, 3.63) is 24.4 Å². The first-order valence-corrected chi connectivity index (χ1v) is 3.39. The summed E-state index contributed by atoms with van der Waals surface area (Å²) in [5.41, 5.74) is 5.32. The fraction of sp³-hybridized carbons (Fsp3) is 0.167. The van der Waals surface area contributed by atoms with Crippen LogP contribution in [-0.2, 0) is 6.54 Å². The van der Waals surface area contributed by atoms with E-state index in [1.54, 1.807) is 16.9 Å². The van der Waals surface area contributed by atoms with Gasteiger partial charge in [-0.2, -0.15) is 0 Å². The predicted molar refractivity (Wildman–Crippen MR) is 40.0 cm³/mol. The number of rotatable bonds is 2. The Morgan fingerprint density at radius 2 is 2.50 bits per heavy atom. The van der Waals surface area contributed by atoms with Gasteiger partial charge in [-0.15, -0.1) is 5.10 Å². The SMILES string of the molecule is Nc1ncn(Cc2ccno2)n1. The first kappa shape index (κ1) is 6.84. The molecule has 0 unspecified atom stereocenters. The summed E-state index contributed by atoms with van der Waals surface area (Å²) in [4.78, 5) is 3.76. The second-order valence-electron chi connectivity index (χ2n) is 2.28. The Labute approximate surface area is 68.0 Å². The van der Waals surface area contributed by atoms with Crippen LogP contribution < -0.4 is 5.73 Å². The molecule has 2 aromatic heterocycles. The number of nitrogens with two attached hydrogens (primary N) is 1. The lowest BCUT2D eigenvalue weighted by Gasteiger charge is -1.92. The molecule has 0 fully saturated rings. The third-order valence-corrected chi connectivity index (χ3v) is 1.36. The molecule has 0 saturated heterocycles. The number of hydrogen-bond acceptors (Lipinski definition) is 5. The first-order valence-electron chi connectivity index (χ1n) is 3.39. The summed E-state index contributed by atoms with van der Waals surface area (Å²) >= 11 is 0.